The van der Waals surface area contributed by atoms with E-state index in [1.807, 2.05) is 78.9 Å². The zero-order valence-corrected chi connectivity index (χ0v) is 50.4. The van der Waals surface area contributed by atoms with Gasteiger partial charge in [0.25, 0.3) is 0 Å². The number of carbonyl (C=O) groups excluding carboxylic acids is 5. The van der Waals surface area contributed by atoms with Crippen LogP contribution in [0.2, 0.25) is 0 Å². The number of hydrogen-bond acceptors (Lipinski definition) is 19. The number of rotatable bonds is 51. The molecule has 0 saturated carbocycles. The van der Waals surface area contributed by atoms with E-state index in [1.165, 1.54) is 0 Å². The Balaban J connectivity index is 0.987. The molecule has 1 aliphatic carbocycles. The normalized spacial score (nSPS) is 12.7. The lowest BCUT2D eigenvalue weighted by Gasteiger charge is -2.25. The fourth-order valence-corrected chi connectivity index (χ4v) is 8.40. The first-order chi connectivity index (χ1) is 41.4. The maximum atomic E-state index is 13.7. The Kier molecular flexibility index (Phi) is 38.5. The van der Waals surface area contributed by atoms with E-state index < -0.39 is 48.1 Å². The lowest BCUT2D eigenvalue weighted by Crippen LogP contribution is -2.52. The Bertz CT molecular complexity index is 2230. The Labute approximate surface area is 501 Å². The predicted molar refractivity (Wildman–Crippen MR) is 315 cm³/mol. The first kappa shape index (κ1) is 71.8. The van der Waals surface area contributed by atoms with Crippen LogP contribution in [0.4, 0.5) is 4.79 Å². The van der Waals surface area contributed by atoms with E-state index in [4.69, 9.17) is 66.3 Å². The van der Waals surface area contributed by atoms with Crippen LogP contribution >= 0.6 is 0 Å². The number of esters is 1. The van der Waals surface area contributed by atoms with E-state index >= 15 is 0 Å². The lowest BCUT2D eigenvalue weighted by molar-refractivity contribution is -0.158. The standard InChI is InChI=1S/C62H94N4O19/c1-62(2,3)85-60(70)56(46-49-14-6-5-7-15-49)65-58(68)47-64-59(69)55(66-61(71)84-48-54-52-18-10-8-16-50(52)51-17-9-11-19-53(51)54)20-12-13-22-63-57(67)21-23-73-26-27-75-30-31-77-34-35-79-38-39-81-42-43-83-45-44-82-41-40-80-37-36-78-33-32-76-29-28-74-25-24-72-4/h5-11,14-19,54-56H,12-13,20-48H2,1-4H3,(H,63,67)(H,64,69)(H,65,68)(H,66,71)/t55-,56-/m0/s1. The Morgan fingerprint density at radius 2 is 0.894 bits per heavy atom. The van der Waals surface area contributed by atoms with Crippen LogP contribution in [0, 0.1) is 0 Å². The van der Waals surface area contributed by atoms with Gasteiger partial charge < -0.3 is 87.6 Å². The molecule has 4 N–H and O–H groups in total. The fourth-order valence-electron chi connectivity index (χ4n) is 8.40. The van der Waals surface area contributed by atoms with Gasteiger partial charge in [0.2, 0.25) is 17.7 Å². The molecule has 85 heavy (non-hydrogen) atoms. The van der Waals surface area contributed by atoms with Gasteiger partial charge in [-0.05, 0) is 67.9 Å². The van der Waals surface area contributed by atoms with Crippen LogP contribution in [0.5, 0.6) is 0 Å². The number of fused-ring (bicyclic) bond motifs is 3. The molecule has 476 valence electrons. The highest BCUT2D eigenvalue weighted by molar-refractivity contribution is 5.91. The number of methoxy groups -OCH3 is 1. The summed E-state index contributed by atoms with van der Waals surface area (Å²) in [7, 11) is 1.64. The van der Waals surface area contributed by atoms with Crippen LogP contribution in [0.3, 0.4) is 0 Å². The van der Waals surface area contributed by atoms with Crippen molar-refractivity contribution in [1.82, 2.24) is 21.3 Å². The Morgan fingerprint density at radius 1 is 0.471 bits per heavy atom. The number of nitrogens with one attached hydrogen (secondary N) is 4. The number of hydrogen-bond donors (Lipinski definition) is 4. The molecule has 23 nitrogen and oxygen atoms in total. The molecule has 0 spiro atoms. The number of amides is 4. The van der Waals surface area contributed by atoms with Gasteiger partial charge in [0.05, 0.1) is 159 Å². The number of unbranched alkanes of at least 4 members (excludes halogenated alkanes) is 1. The van der Waals surface area contributed by atoms with Gasteiger partial charge in [-0.3, -0.25) is 14.4 Å². The molecule has 3 aromatic rings. The van der Waals surface area contributed by atoms with Gasteiger partial charge in [0.1, 0.15) is 24.3 Å². The summed E-state index contributed by atoms with van der Waals surface area (Å²) < 4.78 is 76.7. The van der Waals surface area contributed by atoms with Crippen molar-refractivity contribution in [2.75, 3.05) is 179 Å². The highest BCUT2D eigenvalue weighted by atomic mass is 16.6. The number of carbonyl (C=O) groups is 5. The summed E-state index contributed by atoms with van der Waals surface area (Å²) >= 11 is 0. The maximum absolute atomic E-state index is 13.7. The van der Waals surface area contributed by atoms with Crippen LogP contribution in [0.15, 0.2) is 78.9 Å². The molecule has 1 aliphatic rings. The second kappa shape index (κ2) is 45.6. The zero-order valence-electron chi connectivity index (χ0n) is 50.4. The van der Waals surface area contributed by atoms with Gasteiger partial charge in [0.15, 0.2) is 0 Å². The van der Waals surface area contributed by atoms with Crippen molar-refractivity contribution in [3.8, 4) is 11.1 Å². The van der Waals surface area contributed by atoms with E-state index in [0.29, 0.717) is 165 Å². The molecule has 0 aliphatic heterocycles. The molecule has 2 atom stereocenters. The van der Waals surface area contributed by atoms with Gasteiger partial charge in [-0.15, -0.1) is 0 Å². The van der Waals surface area contributed by atoms with Crippen molar-refractivity contribution in [2.24, 2.45) is 0 Å². The summed E-state index contributed by atoms with van der Waals surface area (Å²) in [6.07, 6.45) is 0.638. The van der Waals surface area contributed by atoms with Crippen molar-refractivity contribution >= 4 is 29.8 Å². The minimum atomic E-state index is -1.08. The average Bonchev–Trinajstić information content (AvgIpc) is 3.18. The third-order valence-corrected chi connectivity index (χ3v) is 12.6. The molecular formula is C62H94N4O19. The molecule has 0 heterocycles. The van der Waals surface area contributed by atoms with Crippen molar-refractivity contribution in [2.45, 2.75) is 76.5 Å². The molecule has 3 aromatic carbocycles. The van der Waals surface area contributed by atoms with Gasteiger partial charge in [-0.1, -0.05) is 78.9 Å². The summed E-state index contributed by atoms with van der Waals surface area (Å²) in [5.74, 6) is -2.24. The van der Waals surface area contributed by atoms with Crippen LogP contribution in [-0.4, -0.2) is 226 Å². The van der Waals surface area contributed by atoms with Crippen LogP contribution in [0.1, 0.15) is 69.1 Å². The highest BCUT2D eigenvalue weighted by Crippen LogP contribution is 2.44. The summed E-state index contributed by atoms with van der Waals surface area (Å²) in [5, 5.41) is 10.9. The monoisotopic (exact) mass is 1200 g/mol. The average molecular weight is 1200 g/mol. The molecule has 0 fully saturated rings. The Hall–Kier alpha value is -5.67. The molecular weight excluding hydrogens is 1100 g/mol. The van der Waals surface area contributed by atoms with E-state index in [2.05, 4.69) is 21.3 Å². The fraction of sp³-hybridized carbons (Fsp3) is 0.629. The third kappa shape index (κ3) is 33.7. The van der Waals surface area contributed by atoms with Crippen molar-refractivity contribution < 1.29 is 90.3 Å². The minimum absolute atomic E-state index is 0.0399. The zero-order chi connectivity index (χ0) is 60.8. The topological polar surface area (TPSA) is 263 Å². The van der Waals surface area contributed by atoms with Crippen molar-refractivity contribution in [3.63, 3.8) is 0 Å². The van der Waals surface area contributed by atoms with E-state index in [-0.39, 0.29) is 44.3 Å². The van der Waals surface area contributed by atoms with Crippen LogP contribution in [0.25, 0.3) is 11.1 Å². The van der Waals surface area contributed by atoms with Crippen LogP contribution < -0.4 is 21.3 Å². The third-order valence-electron chi connectivity index (χ3n) is 12.6. The molecule has 23 heteroatoms. The SMILES string of the molecule is COCCOCCOCCOCCOCCOCCOCCOCCOCCOCCOCCOCCC(=O)NCCCC[C@H](NC(=O)OCC1c2ccccc2-c2ccccc21)C(=O)NCC(=O)N[C@@H](Cc1ccccc1)C(=O)OC(C)(C)C. The molecule has 0 unspecified atom stereocenters. The predicted octanol–water partition coefficient (Wildman–Crippen LogP) is 4.58. The summed E-state index contributed by atoms with van der Waals surface area (Å²) in [5.41, 5.74) is 4.25. The molecule has 0 radical (unpaired) electrons. The molecule has 0 aromatic heterocycles. The first-order valence-electron chi connectivity index (χ1n) is 29.5. The lowest BCUT2D eigenvalue weighted by atomic mass is 9.98. The molecule has 4 rings (SSSR count). The first-order valence-corrected chi connectivity index (χ1v) is 29.5. The van der Waals surface area contributed by atoms with Gasteiger partial charge in [-0.25, -0.2) is 9.59 Å². The highest BCUT2D eigenvalue weighted by Gasteiger charge is 2.31. The summed E-state index contributed by atoms with van der Waals surface area (Å²) in [6.45, 7) is 15.5. The number of alkyl carbamates (subject to hydrolysis) is 1. The van der Waals surface area contributed by atoms with Crippen molar-refractivity contribution in [3.05, 3.63) is 95.6 Å². The van der Waals surface area contributed by atoms with Crippen LogP contribution in [-0.2, 0) is 91.9 Å². The number of benzene rings is 3. The van der Waals surface area contributed by atoms with Crippen molar-refractivity contribution in [1.29, 1.82) is 0 Å². The molecule has 4 amide bonds. The van der Waals surface area contributed by atoms with E-state index in [1.54, 1.807) is 27.9 Å². The quantitative estimate of drug-likeness (QED) is 0.0445. The maximum Gasteiger partial charge on any atom is 0.407 e. The largest absolute Gasteiger partial charge is 0.458 e. The summed E-state index contributed by atoms with van der Waals surface area (Å²) in [6, 6.07) is 23.0. The van der Waals surface area contributed by atoms with Gasteiger partial charge in [-0.2, -0.15) is 0 Å². The second-order valence-corrected chi connectivity index (χ2v) is 20.4. The Morgan fingerprint density at radius 3 is 1.34 bits per heavy atom. The smallest absolute Gasteiger partial charge is 0.407 e. The van der Waals surface area contributed by atoms with Gasteiger partial charge >= 0.3 is 12.1 Å². The van der Waals surface area contributed by atoms with E-state index in [9.17, 15) is 24.0 Å². The number of ether oxygens (including phenoxy) is 14. The summed E-state index contributed by atoms with van der Waals surface area (Å²) in [4.78, 5) is 66.0. The minimum Gasteiger partial charge on any atom is -0.458 e. The second-order valence-electron chi connectivity index (χ2n) is 20.4. The van der Waals surface area contributed by atoms with E-state index in [0.717, 1.165) is 27.8 Å². The van der Waals surface area contributed by atoms with Gasteiger partial charge in [0, 0.05) is 32.4 Å². The molecule has 0 saturated heterocycles. The molecule has 0 bridgehead atoms.